The highest BCUT2D eigenvalue weighted by molar-refractivity contribution is 6.32. The lowest BCUT2D eigenvalue weighted by Gasteiger charge is -2.14. The van der Waals surface area contributed by atoms with Gasteiger partial charge in [-0.25, -0.2) is 0 Å². The first-order chi connectivity index (χ1) is 10.5. The molecule has 2 aromatic rings. The molecule has 0 saturated heterocycles. The second-order valence-electron chi connectivity index (χ2n) is 4.49. The molecule has 7 heteroatoms. The van der Waals surface area contributed by atoms with Crippen molar-refractivity contribution in [2.75, 3.05) is 5.32 Å². The summed E-state index contributed by atoms with van der Waals surface area (Å²) in [4.78, 5) is 22.3. The van der Waals surface area contributed by atoms with Crippen LogP contribution in [-0.2, 0) is 4.79 Å². The van der Waals surface area contributed by atoms with Crippen LogP contribution in [0.2, 0.25) is 5.02 Å². The highest BCUT2D eigenvalue weighted by atomic mass is 35.5. The molecule has 0 aliphatic carbocycles. The van der Waals surface area contributed by atoms with E-state index in [4.69, 9.17) is 16.3 Å². The van der Waals surface area contributed by atoms with Crippen molar-refractivity contribution in [2.24, 2.45) is 0 Å². The molecular weight excluding hydrogens is 308 g/mol. The van der Waals surface area contributed by atoms with Crippen LogP contribution in [0.3, 0.4) is 0 Å². The highest BCUT2D eigenvalue weighted by Crippen LogP contribution is 2.27. The number of anilines is 1. The van der Waals surface area contributed by atoms with Crippen LogP contribution in [0.25, 0.3) is 0 Å². The Labute approximate surface area is 131 Å². The summed E-state index contributed by atoms with van der Waals surface area (Å²) < 4.78 is 5.48. The van der Waals surface area contributed by atoms with Gasteiger partial charge in [0.25, 0.3) is 11.6 Å². The molecule has 0 aliphatic heterocycles. The van der Waals surface area contributed by atoms with Crippen LogP contribution in [0.5, 0.6) is 5.75 Å². The number of nitrogens with zero attached hydrogens (tertiary/aromatic N) is 1. The van der Waals surface area contributed by atoms with Gasteiger partial charge in [0, 0.05) is 11.8 Å². The number of hydrogen-bond acceptors (Lipinski definition) is 4. The molecule has 22 heavy (non-hydrogen) atoms. The minimum absolute atomic E-state index is 0.0107. The Hall–Kier alpha value is -2.60. The van der Waals surface area contributed by atoms with Gasteiger partial charge < -0.3 is 10.1 Å². The molecule has 1 N–H and O–H groups in total. The van der Waals surface area contributed by atoms with Crippen LogP contribution in [0.1, 0.15) is 6.92 Å². The number of carbonyl (C=O) groups excluding carboxylic acids is 1. The van der Waals surface area contributed by atoms with E-state index in [0.29, 0.717) is 5.75 Å². The molecule has 0 spiro atoms. The third-order valence-corrected chi connectivity index (χ3v) is 3.16. The fraction of sp³-hybridized carbons (Fsp3) is 0.133. The van der Waals surface area contributed by atoms with Crippen LogP contribution in [0.15, 0.2) is 48.5 Å². The van der Waals surface area contributed by atoms with E-state index in [9.17, 15) is 14.9 Å². The number of nitro groups is 1. The molecule has 0 heterocycles. The number of hydrogen-bond donors (Lipinski definition) is 1. The number of nitro benzene ring substituents is 1. The topological polar surface area (TPSA) is 81.5 Å². The van der Waals surface area contributed by atoms with E-state index in [1.165, 1.54) is 18.2 Å². The van der Waals surface area contributed by atoms with Gasteiger partial charge in [-0.2, -0.15) is 0 Å². The average molecular weight is 321 g/mol. The molecule has 0 unspecified atom stereocenters. The highest BCUT2D eigenvalue weighted by Gasteiger charge is 2.18. The van der Waals surface area contributed by atoms with Crippen LogP contribution < -0.4 is 10.1 Å². The van der Waals surface area contributed by atoms with Crippen molar-refractivity contribution in [1.29, 1.82) is 0 Å². The van der Waals surface area contributed by atoms with Crippen molar-refractivity contribution < 1.29 is 14.5 Å². The molecule has 1 atom stereocenters. The standard InChI is InChI=1S/C15H13ClN2O4/c1-10(22-12-5-3-2-4-6-12)15(19)17-11-7-8-13(16)14(9-11)18(20)21/h2-10H,1H3,(H,17,19)/t10-/m1/s1. The lowest BCUT2D eigenvalue weighted by atomic mass is 10.2. The van der Waals surface area contributed by atoms with Crippen molar-refractivity contribution >= 4 is 28.9 Å². The molecule has 0 fully saturated rings. The number of halogens is 1. The first-order valence-corrected chi connectivity index (χ1v) is 6.81. The van der Waals surface area contributed by atoms with Gasteiger partial charge in [0.05, 0.1) is 4.92 Å². The predicted molar refractivity (Wildman–Crippen MR) is 83.3 cm³/mol. The number of amides is 1. The van der Waals surface area contributed by atoms with Gasteiger partial charge in [-0.3, -0.25) is 14.9 Å². The molecule has 114 valence electrons. The molecule has 0 aliphatic rings. The Bertz CT molecular complexity index is 691. The second-order valence-corrected chi connectivity index (χ2v) is 4.89. The van der Waals surface area contributed by atoms with E-state index in [-0.39, 0.29) is 16.4 Å². The first-order valence-electron chi connectivity index (χ1n) is 6.44. The van der Waals surface area contributed by atoms with Gasteiger partial charge in [-0.15, -0.1) is 0 Å². The minimum atomic E-state index is -0.753. The average Bonchev–Trinajstić information content (AvgIpc) is 2.49. The Morgan fingerprint density at radius 3 is 2.59 bits per heavy atom. The van der Waals surface area contributed by atoms with E-state index < -0.39 is 16.9 Å². The summed E-state index contributed by atoms with van der Waals surface area (Å²) >= 11 is 5.72. The van der Waals surface area contributed by atoms with Crippen LogP contribution in [-0.4, -0.2) is 16.9 Å². The van der Waals surface area contributed by atoms with Crippen LogP contribution in [0.4, 0.5) is 11.4 Å². The quantitative estimate of drug-likeness (QED) is 0.673. The number of para-hydroxylation sites is 1. The number of benzene rings is 2. The van der Waals surface area contributed by atoms with E-state index in [0.717, 1.165) is 0 Å². The zero-order chi connectivity index (χ0) is 16.1. The number of carbonyl (C=O) groups is 1. The van der Waals surface area contributed by atoms with Gasteiger partial charge in [-0.1, -0.05) is 29.8 Å². The van der Waals surface area contributed by atoms with Crippen LogP contribution in [0, 0.1) is 10.1 Å². The summed E-state index contributed by atoms with van der Waals surface area (Å²) in [6, 6.07) is 12.9. The van der Waals surface area contributed by atoms with E-state index in [2.05, 4.69) is 5.32 Å². The largest absolute Gasteiger partial charge is 0.481 e. The van der Waals surface area contributed by atoms with Gasteiger partial charge >= 0.3 is 0 Å². The normalized spacial score (nSPS) is 11.5. The summed E-state index contributed by atoms with van der Waals surface area (Å²) in [7, 11) is 0. The Balaban J connectivity index is 2.05. The number of ether oxygens (including phenoxy) is 1. The number of rotatable bonds is 5. The molecule has 0 bridgehead atoms. The van der Waals surface area contributed by atoms with E-state index >= 15 is 0 Å². The predicted octanol–water partition coefficient (Wildman–Crippen LogP) is 3.65. The van der Waals surface area contributed by atoms with Crippen molar-refractivity contribution in [2.45, 2.75) is 13.0 Å². The molecular formula is C15H13ClN2O4. The van der Waals surface area contributed by atoms with Crippen molar-refractivity contribution in [3.05, 3.63) is 63.7 Å². The molecule has 2 rings (SSSR count). The summed E-state index contributed by atoms with van der Waals surface area (Å²) in [6.07, 6.45) is -0.753. The van der Waals surface area contributed by atoms with Gasteiger partial charge in [-0.05, 0) is 31.2 Å². The molecule has 0 radical (unpaired) electrons. The summed E-state index contributed by atoms with van der Waals surface area (Å²) in [5.41, 5.74) is 0.0145. The SMILES string of the molecule is C[C@@H](Oc1ccccc1)C(=O)Nc1ccc(Cl)c([N+](=O)[O-])c1. The van der Waals surface area contributed by atoms with E-state index in [1.54, 1.807) is 31.2 Å². The summed E-state index contributed by atoms with van der Waals surface area (Å²) in [5, 5.41) is 13.4. The smallest absolute Gasteiger partial charge is 0.289 e. The fourth-order valence-corrected chi connectivity index (χ4v) is 1.92. The van der Waals surface area contributed by atoms with Gasteiger partial charge in [0.1, 0.15) is 10.8 Å². The minimum Gasteiger partial charge on any atom is -0.481 e. The molecule has 0 aromatic heterocycles. The van der Waals surface area contributed by atoms with Crippen molar-refractivity contribution in [3.8, 4) is 5.75 Å². The molecule has 2 aromatic carbocycles. The van der Waals surface area contributed by atoms with Crippen molar-refractivity contribution in [3.63, 3.8) is 0 Å². The maximum atomic E-state index is 12.0. The number of nitrogens with one attached hydrogen (secondary N) is 1. The third-order valence-electron chi connectivity index (χ3n) is 2.84. The summed E-state index contributed by atoms with van der Waals surface area (Å²) in [5.74, 6) is 0.146. The zero-order valence-electron chi connectivity index (χ0n) is 11.7. The summed E-state index contributed by atoms with van der Waals surface area (Å²) in [6.45, 7) is 1.59. The maximum absolute atomic E-state index is 12.0. The maximum Gasteiger partial charge on any atom is 0.289 e. The van der Waals surface area contributed by atoms with Gasteiger partial charge in [0.2, 0.25) is 0 Å². The Kier molecular flexibility index (Phi) is 4.95. The fourth-order valence-electron chi connectivity index (χ4n) is 1.73. The Morgan fingerprint density at radius 1 is 1.27 bits per heavy atom. The zero-order valence-corrected chi connectivity index (χ0v) is 12.4. The lowest BCUT2D eigenvalue weighted by Crippen LogP contribution is -2.30. The molecule has 0 saturated carbocycles. The molecule has 1 amide bonds. The Morgan fingerprint density at radius 2 is 1.95 bits per heavy atom. The van der Waals surface area contributed by atoms with Crippen molar-refractivity contribution in [1.82, 2.24) is 0 Å². The second kappa shape index (κ2) is 6.91. The third kappa shape index (κ3) is 3.95. The lowest BCUT2D eigenvalue weighted by molar-refractivity contribution is -0.384. The van der Waals surface area contributed by atoms with Gasteiger partial charge in [0.15, 0.2) is 6.10 Å². The first kappa shape index (κ1) is 15.8. The van der Waals surface area contributed by atoms with Crippen LogP contribution >= 0.6 is 11.6 Å². The molecule has 6 nitrogen and oxygen atoms in total. The monoisotopic (exact) mass is 320 g/mol. The van der Waals surface area contributed by atoms with E-state index in [1.807, 2.05) is 6.07 Å².